The molecule has 20 heavy (non-hydrogen) atoms. The largest absolute Gasteiger partial charge is 0.468 e. The van der Waals surface area contributed by atoms with Crippen LogP contribution < -0.4 is 0 Å². The van der Waals surface area contributed by atoms with E-state index in [9.17, 15) is 9.59 Å². The number of methoxy groups -OCH3 is 2. The van der Waals surface area contributed by atoms with Crippen LogP contribution in [0.3, 0.4) is 0 Å². The first-order chi connectivity index (χ1) is 9.38. The van der Waals surface area contributed by atoms with Gasteiger partial charge in [0.1, 0.15) is 0 Å². The second-order valence-corrected chi connectivity index (χ2v) is 4.75. The molecule has 0 atom stereocenters. The summed E-state index contributed by atoms with van der Waals surface area (Å²) in [4.78, 5) is 23.4. The molecule has 0 aromatic rings. The third kappa shape index (κ3) is 3.70. The molecule has 0 aromatic carbocycles. The predicted octanol–water partition coefficient (Wildman–Crippen LogP) is 1.20. The monoisotopic (exact) mass is 284 g/mol. The van der Waals surface area contributed by atoms with Gasteiger partial charge in [-0.05, 0) is 26.3 Å². The minimum absolute atomic E-state index is 0.110. The Bertz CT molecular complexity index is 411. The number of hydrogen-bond acceptors (Lipinski definition) is 6. The molecule has 1 saturated heterocycles. The van der Waals surface area contributed by atoms with Gasteiger partial charge in [0.05, 0.1) is 27.4 Å². The maximum absolute atomic E-state index is 11.7. The summed E-state index contributed by atoms with van der Waals surface area (Å²) in [5.74, 6) is -2.10. The van der Waals surface area contributed by atoms with E-state index >= 15 is 0 Å². The van der Waals surface area contributed by atoms with Crippen molar-refractivity contribution in [3.8, 4) is 0 Å². The van der Waals surface area contributed by atoms with Crippen molar-refractivity contribution in [2.75, 3.05) is 27.4 Å². The Hall–Kier alpha value is -1.62. The molecule has 1 rings (SSSR count). The maximum atomic E-state index is 11.7. The summed E-state index contributed by atoms with van der Waals surface area (Å²) >= 11 is 0. The summed E-state index contributed by atoms with van der Waals surface area (Å²) in [6, 6.07) is 0. The molecule has 1 aliphatic heterocycles. The third-order valence-electron chi connectivity index (χ3n) is 3.11. The van der Waals surface area contributed by atoms with Crippen molar-refractivity contribution >= 4 is 11.9 Å². The van der Waals surface area contributed by atoms with Gasteiger partial charge >= 0.3 is 11.9 Å². The summed E-state index contributed by atoms with van der Waals surface area (Å²) < 4.78 is 20.0. The third-order valence-corrected chi connectivity index (χ3v) is 3.11. The Morgan fingerprint density at radius 2 is 1.75 bits per heavy atom. The molecule has 0 amide bonds. The van der Waals surface area contributed by atoms with E-state index in [0.29, 0.717) is 13.2 Å². The molecule has 1 heterocycles. The molecule has 6 nitrogen and oxygen atoms in total. The molecule has 0 radical (unpaired) electrons. The lowest BCUT2D eigenvalue weighted by Gasteiger charge is -2.21. The Morgan fingerprint density at radius 3 is 2.20 bits per heavy atom. The van der Waals surface area contributed by atoms with Crippen LogP contribution >= 0.6 is 0 Å². The molecule has 6 heteroatoms. The molecule has 0 aliphatic carbocycles. The molecular formula is C14H20O6. The van der Waals surface area contributed by atoms with Crippen LogP contribution in [0.5, 0.6) is 0 Å². The van der Waals surface area contributed by atoms with Crippen molar-refractivity contribution in [1.29, 1.82) is 0 Å². The number of hydrogen-bond donors (Lipinski definition) is 0. The summed E-state index contributed by atoms with van der Waals surface area (Å²) in [6.07, 6.45) is 3.28. The van der Waals surface area contributed by atoms with Crippen LogP contribution in [0.15, 0.2) is 17.9 Å². The Morgan fingerprint density at radius 1 is 1.25 bits per heavy atom. The van der Waals surface area contributed by atoms with Gasteiger partial charge in [0.25, 0.3) is 0 Å². The maximum Gasteiger partial charge on any atom is 0.323 e. The Kier molecular flexibility index (Phi) is 5.51. The topological polar surface area (TPSA) is 71.1 Å². The van der Waals surface area contributed by atoms with E-state index < -0.39 is 23.1 Å². The number of carbonyl (C=O) groups is 2. The lowest BCUT2D eigenvalue weighted by atomic mass is 9.87. The lowest BCUT2D eigenvalue weighted by Crippen LogP contribution is -2.38. The van der Waals surface area contributed by atoms with E-state index in [-0.39, 0.29) is 6.42 Å². The number of carbonyl (C=O) groups excluding carboxylic acids is 2. The molecule has 0 aromatic heterocycles. The average molecular weight is 284 g/mol. The quantitative estimate of drug-likeness (QED) is 0.429. The summed E-state index contributed by atoms with van der Waals surface area (Å²) in [7, 11) is 2.45. The van der Waals surface area contributed by atoms with Crippen molar-refractivity contribution < 1.29 is 28.5 Å². The van der Waals surface area contributed by atoms with E-state index in [2.05, 4.69) is 15.2 Å². The minimum atomic E-state index is -1.39. The van der Waals surface area contributed by atoms with Gasteiger partial charge < -0.3 is 18.9 Å². The van der Waals surface area contributed by atoms with Gasteiger partial charge in [-0.25, -0.2) is 0 Å². The zero-order chi connectivity index (χ0) is 15.2. The molecule has 0 spiro atoms. The van der Waals surface area contributed by atoms with Crippen LogP contribution in [0.4, 0.5) is 0 Å². The predicted molar refractivity (Wildman–Crippen MR) is 69.7 cm³/mol. The normalized spacial score (nSPS) is 17.0. The van der Waals surface area contributed by atoms with Gasteiger partial charge in [0.2, 0.25) is 0 Å². The fourth-order valence-corrected chi connectivity index (χ4v) is 1.79. The highest BCUT2D eigenvalue weighted by molar-refractivity contribution is 5.99. The van der Waals surface area contributed by atoms with Crippen molar-refractivity contribution in [2.45, 2.75) is 26.1 Å². The van der Waals surface area contributed by atoms with Crippen LogP contribution in [-0.2, 0) is 28.5 Å². The van der Waals surface area contributed by atoms with E-state index in [1.54, 1.807) is 19.1 Å². The van der Waals surface area contributed by atoms with Crippen LogP contribution in [0.2, 0.25) is 0 Å². The van der Waals surface area contributed by atoms with Crippen molar-refractivity contribution in [1.82, 2.24) is 0 Å². The van der Waals surface area contributed by atoms with Crippen LogP contribution in [-0.4, -0.2) is 45.2 Å². The van der Waals surface area contributed by atoms with Crippen molar-refractivity contribution in [3.63, 3.8) is 0 Å². The second-order valence-electron chi connectivity index (χ2n) is 4.75. The highest BCUT2D eigenvalue weighted by atomic mass is 16.7. The van der Waals surface area contributed by atoms with Gasteiger partial charge in [-0.3, -0.25) is 9.59 Å². The second kappa shape index (κ2) is 6.70. The zero-order valence-corrected chi connectivity index (χ0v) is 12.2. The van der Waals surface area contributed by atoms with Gasteiger partial charge in [0.15, 0.2) is 11.2 Å². The first-order valence-corrected chi connectivity index (χ1v) is 6.25. The minimum Gasteiger partial charge on any atom is -0.468 e. The number of rotatable bonds is 5. The standard InChI is InChI=1S/C14H20O6/c1-13(11(15)17-3,12(16)18-4)7-5-6-8-14(2)19-9-10-20-14/h5,8H,7,9-10H2,1-4H3. The Balaban J connectivity index is 2.79. The molecule has 0 unspecified atom stereocenters. The molecule has 0 saturated carbocycles. The smallest absolute Gasteiger partial charge is 0.323 e. The number of ether oxygens (including phenoxy) is 4. The first kappa shape index (κ1) is 16.4. The molecule has 0 N–H and O–H groups in total. The Labute approximate surface area is 118 Å². The van der Waals surface area contributed by atoms with E-state index in [1.165, 1.54) is 21.1 Å². The highest BCUT2D eigenvalue weighted by Crippen LogP contribution is 2.26. The highest BCUT2D eigenvalue weighted by Gasteiger charge is 2.42. The summed E-state index contributed by atoms with van der Waals surface area (Å²) in [5.41, 5.74) is 1.48. The molecule has 1 fully saturated rings. The lowest BCUT2D eigenvalue weighted by molar-refractivity contribution is -0.167. The first-order valence-electron chi connectivity index (χ1n) is 6.25. The fourth-order valence-electron chi connectivity index (χ4n) is 1.79. The van der Waals surface area contributed by atoms with E-state index in [1.807, 2.05) is 0 Å². The number of esters is 2. The molecule has 112 valence electrons. The summed E-state index contributed by atoms with van der Waals surface area (Å²) in [5, 5.41) is 0. The van der Waals surface area contributed by atoms with Crippen molar-refractivity contribution in [2.24, 2.45) is 5.41 Å². The van der Waals surface area contributed by atoms with Crippen LogP contribution in [0.25, 0.3) is 0 Å². The van der Waals surface area contributed by atoms with Gasteiger partial charge in [-0.1, -0.05) is 0 Å². The van der Waals surface area contributed by atoms with E-state index in [4.69, 9.17) is 9.47 Å². The van der Waals surface area contributed by atoms with Gasteiger partial charge in [0, 0.05) is 6.08 Å². The van der Waals surface area contributed by atoms with Gasteiger partial charge in [-0.15, -0.1) is 5.73 Å². The zero-order valence-electron chi connectivity index (χ0n) is 12.2. The molecule has 0 bridgehead atoms. The molecular weight excluding hydrogens is 264 g/mol. The SMILES string of the molecule is COC(=O)C(C)(CC=C=CC1(C)OCCO1)C(=O)OC. The van der Waals surface area contributed by atoms with Crippen molar-refractivity contribution in [3.05, 3.63) is 17.9 Å². The van der Waals surface area contributed by atoms with Crippen LogP contribution in [0, 0.1) is 5.41 Å². The molecule has 1 aliphatic rings. The van der Waals surface area contributed by atoms with Gasteiger partial charge in [-0.2, -0.15) is 0 Å². The van der Waals surface area contributed by atoms with Crippen LogP contribution in [0.1, 0.15) is 20.3 Å². The summed E-state index contributed by atoms with van der Waals surface area (Å²) in [6.45, 7) is 4.28. The fraction of sp³-hybridized carbons (Fsp3) is 0.643. The average Bonchev–Trinajstić information content (AvgIpc) is 2.88. The van der Waals surface area contributed by atoms with E-state index in [0.717, 1.165) is 0 Å².